The minimum Gasteiger partial charge on any atom is -0.392 e. The molecule has 2 unspecified atom stereocenters. The molecule has 0 bridgehead atoms. The van der Waals surface area contributed by atoms with Crippen molar-refractivity contribution in [3.05, 3.63) is 35.4 Å². The van der Waals surface area contributed by atoms with Crippen molar-refractivity contribution in [3.63, 3.8) is 0 Å². The van der Waals surface area contributed by atoms with E-state index in [-0.39, 0.29) is 24.5 Å². The molecule has 6 heteroatoms. The number of nitrogens with one attached hydrogen (secondary N) is 1. The molecule has 1 heterocycles. The van der Waals surface area contributed by atoms with Crippen LogP contribution in [0.25, 0.3) is 0 Å². The van der Waals surface area contributed by atoms with Gasteiger partial charge in [-0.25, -0.2) is 13.1 Å². The predicted molar refractivity (Wildman–Crippen MR) is 79.0 cm³/mol. The summed E-state index contributed by atoms with van der Waals surface area (Å²) in [4.78, 5) is 0. The molecule has 0 amide bonds. The Morgan fingerprint density at radius 2 is 1.81 bits per heavy atom. The summed E-state index contributed by atoms with van der Waals surface area (Å²) in [6.07, 6.45) is 3.09. The second-order valence-electron chi connectivity index (χ2n) is 5.92. The van der Waals surface area contributed by atoms with Crippen LogP contribution in [0.4, 0.5) is 0 Å². The molecule has 2 fully saturated rings. The first-order chi connectivity index (χ1) is 10.1. The van der Waals surface area contributed by atoms with E-state index >= 15 is 0 Å². The van der Waals surface area contributed by atoms with E-state index in [2.05, 4.69) is 4.72 Å². The van der Waals surface area contributed by atoms with E-state index in [1.165, 1.54) is 0 Å². The van der Waals surface area contributed by atoms with Gasteiger partial charge in [-0.15, -0.1) is 0 Å². The molecule has 1 aliphatic heterocycles. The topological polar surface area (TPSA) is 75.6 Å². The van der Waals surface area contributed by atoms with Crippen molar-refractivity contribution in [2.75, 3.05) is 6.61 Å². The van der Waals surface area contributed by atoms with Gasteiger partial charge in [-0.3, -0.25) is 0 Å². The molecule has 1 aromatic rings. The van der Waals surface area contributed by atoms with Gasteiger partial charge < -0.3 is 9.84 Å². The summed E-state index contributed by atoms with van der Waals surface area (Å²) >= 11 is 0. The highest BCUT2D eigenvalue weighted by Gasteiger charge is 2.41. The van der Waals surface area contributed by atoms with E-state index in [1.807, 2.05) is 0 Å². The number of ether oxygens (including phenoxy) is 1. The van der Waals surface area contributed by atoms with Crippen LogP contribution >= 0.6 is 0 Å². The van der Waals surface area contributed by atoms with E-state index in [0.29, 0.717) is 12.5 Å². The third-order valence-corrected chi connectivity index (χ3v) is 5.49. The van der Waals surface area contributed by atoms with E-state index in [9.17, 15) is 8.42 Å². The lowest BCUT2D eigenvalue weighted by Gasteiger charge is -2.19. The minimum atomic E-state index is -3.37. The average molecular weight is 311 g/mol. The Balaban J connectivity index is 1.62. The zero-order valence-corrected chi connectivity index (χ0v) is 12.7. The van der Waals surface area contributed by atoms with Gasteiger partial charge in [0.2, 0.25) is 10.0 Å². The van der Waals surface area contributed by atoms with Crippen molar-refractivity contribution in [3.8, 4) is 0 Å². The van der Waals surface area contributed by atoms with Crippen molar-refractivity contribution in [1.82, 2.24) is 4.72 Å². The predicted octanol–water partition coefficient (Wildman–Crippen LogP) is 1.17. The highest BCUT2D eigenvalue weighted by atomic mass is 32.2. The molecule has 1 saturated carbocycles. The number of aliphatic hydroxyl groups is 1. The smallest absolute Gasteiger partial charge is 0.216 e. The average Bonchev–Trinajstić information content (AvgIpc) is 3.20. The fourth-order valence-corrected chi connectivity index (χ4v) is 4.29. The van der Waals surface area contributed by atoms with Gasteiger partial charge >= 0.3 is 0 Å². The number of hydrogen-bond acceptors (Lipinski definition) is 4. The summed E-state index contributed by atoms with van der Waals surface area (Å²) in [5, 5.41) is 8.99. The number of hydrogen-bond donors (Lipinski definition) is 2. The molecule has 3 rings (SSSR count). The fourth-order valence-electron chi connectivity index (χ4n) is 2.86. The Hall–Kier alpha value is -0.950. The Kier molecular flexibility index (Phi) is 4.31. The van der Waals surface area contributed by atoms with E-state index in [1.54, 1.807) is 24.3 Å². The van der Waals surface area contributed by atoms with Gasteiger partial charge in [0.1, 0.15) is 0 Å². The lowest BCUT2D eigenvalue weighted by molar-refractivity contribution is 0.0848. The first-order valence-electron chi connectivity index (χ1n) is 7.38. The van der Waals surface area contributed by atoms with Gasteiger partial charge in [0.05, 0.1) is 24.5 Å². The molecule has 5 nitrogen and oxygen atoms in total. The van der Waals surface area contributed by atoms with E-state index < -0.39 is 10.0 Å². The third kappa shape index (κ3) is 3.83. The SMILES string of the molecule is O=S(=O)(Cc1ccc(CO)cc1)NC1CCOC1C1CC1. The molecule has 0 spiro atoms. The maximum absolute atomic E-state index is 12.3. The van der Waals surface area contributed by atoms with E-state index in [4.69, 9.17) is 9.84 Å². The van der Waals surface area contributed by atoms with Crippen LogP contribution in [-0.2, 0) is 27.1 Å². The summed E-state index contributed by atoms with van der Waals surface area (Å²) < 4.78 is 33.0. The number of rotatable bonds is 6. The number of benzene rings is 1. The van der Waals surface area contributed by atoms with Gasteiger partial charge in [0.25, 0.3) is 0 Å². The molecular weight excluding hydrogens is 290 g/mol. The van der Waals surface area contributed by atoms with Gasteiger partial charge in [-0.05, 0) is 36.3 Å². The highest BCUT2D eigenvalue weighted by molar-refractivity contribution is 7.88. The second kappa shape index (κ2) is 6.04. The molecule has 2 aliphatic rings. The minimum absolute atomic E-state index is 0.0340. The van der Waals surface area contributed by atoms with Crippen molar-refractivity contribution in [2.24, 2.45) is 5.92 Å². The van der Waals surface area contributed by atoms with Crippen LogP contribution in [0.3, 0.4) is 0 Å². The van der Waals surface area contributed by atoms with Crippen LogP contribution in [-0.4, -0.2) is 32.3 Å². The number of sulfonamides is 1. The lowest BCUT2D eigenvalue weighted by atomic mass is 10.1. The lowest BCUT2D eigenvalue weighted by Crippen LogP contribution is -2.41. The summed E-state index contributed by atoms with van der Waals surface area (Å²) in [6, 6.07) is 6.90. The molecule has 1 aliphatic carbocycles. The fraction of sp³-hybridized carbons (Fsp3) is 0.600. The quantitative estimate of drug-likeness (QED) is 0.827. The van der Waals surface area contributed by atoms with Crippen molar-refractivity contribution < 1.29 is 18.3 Å². The van der Waals surface area contributed by atoms with Crippen LogP contribution in [0, 0.1) is 5.92 Å². The second-order valence-corrected chi connectivity index (χ2v) is 7.67. The van der Waals surface area contributed by atoms with Crippen molar-refractivity contribution in [2.45, 2.75) is 43.8 Å². The maximum Gasteiger partial charge on any atom is 0.216 e. The monoisotopic (exact) mass is 311 g/mol. The molecule has 2 N–H and O–H groups in total. The Labute approximate surface area is 125 Å². The Morgan fingerprint density at radius 3 is 2.43 bits per heavy atom. The molecule has 2 atom stereocenters. The first-order valence-corrected chi connectivity index (χ1v) is 9.03. The van der Waals surface area contributed by atoms with Crippen LogP contribution in [0.15, 0.2) is 24.3 Å². The van der Waals surface area contributed by atoms with E-state index in [0.717, 1.165) is 30.4 Å². The van der Waals surface area contributed by atoms with Gasteiger partial charge in [-0.2, -0.15) is 0 Å². The molecule has 0 radical (unpaired) electrons. The summed E-state index contributed by atoms with van der Waals surface area (Å²) in [6.45, 7) is 0.604. The highest BCUT2D eigenvalue weighted by Crippen LogP contribution is 2.38. The Bertz CT molecular complexity index is 580. The van der Waals surface area contributed by atoms with Gasteiger partial charge in [-0.1, -0.05) is 24.3 Å². The standard InChI is InChI=1S/C15H21NO4S/c17-9-11-1-3-12(4-2-11)10-21(18,19)16-14-7-8-20-15(14)13-5-6-13/h1-4,13-17H,5-10H2. The van der Waals surface area contributed by atoms with Gasteiger partial charge in [0.15, 0.2) is 0 Å². The van der Waals surface area contributed by atoms with Crippen molar-refractivity contribution >= 4 is 10.0 Å². The van der Waals surface area contributed by atoms with Crippen LogP contribution in [0.1, 0.15) is 30.4 Å². The van der Waals surface area contributed by atoms with Crippen molar-refractivity contribution in [1.29, 1.82) is 0 Å². The normalized spacial score (nSPS) is 26.1. The molecule has 1 aromatic carbocycles. The summed E-state index contributed by atoms with van der Waals surface area (Å²) in [7, 11) is -3.37. The molecular formula is C15H21NO4S. The summed E-state index contributed by atoms with van der Waals surface area (Å²) in [5.74, 6) is 0.496. The molecule has 21 heavy (non-hydrogen) atoms. The zero-order chi connectivity index (χ0) is 14.9. The molecule has 1 saturated heterocycles. The van der Waals surface area contributed by atoms with Crippen LogP contribution in [0.2, 0.25) is 0 Å². The zero-order valence-electron chi connectivity index (χ0n) is 11.9. The van der Waals surface area contributed by atoms with Crippen LogP contribution < -0.4 is 4.72 Å². The van der Waals surface area contributed by atoms with Crippen LogP contribution in [0.5, 0.6) is 0 Å². The third-order valence-electron chi connectivity index (χ3n) is 4.12. The Morgan fingerprint density at radius 1 is 1.14 bits per heavy atom. The van der Waals surface area contributed by atoms with Gasteiger partial charge in [0, 0.05) is 6.61 Å². The largest absolute Gasteiger partial charge is 0.392 e. The first kappa shape index (κ1) is 15.0. The number of aliphatic hydroxyl groups excluding tert-OH is 1. The molecule has 116 valence electrons. The molecule has 0 aromatic heterocycles. The summed E-state index contributed by atoms with van der Waals surface area (Å²) in [5.41, 5.74) is 1.50. The maximum atomic E-state index is 12.3.